The lowest BCUT2D eigenvalue weighted by Crippen LogP contribution is -2.37. The summed E-state index contributed by atoms with van der Waals surface area (Å²) in [4.78, 5) is 25.1. The summed E-state index contributed by atoms with van der Waals surface area (Å²) in [5.41, 5.74) is 0. The third kappa shape index (κ3) is 46.6. The van der Waals surface area contributed by atoms with Gasteiger partial charge in [0.1, 0.15) is 19.3 Å². The molecule has 0 aliphatic heterocycles. The molecular weight excluding hydrogens is 758 g/mol. The van der Waals surface area contributed by atoms with Gasteiger partial charge in [-0.15, -0.1) is 0 Å². The highest BCUT2D eigenvalue weighted by Crippen LogP contribution is 2.38. The van der Waals surface area contributed by atoms with E-state index in [0.29, 0.717) is 24.1 Å². The lowest BCUT2D eigenvalue weighted by molar-refractivity contribution is -0.870. The van der Waals surface area contributed by atoms with Crippen molar-refractivity contribution in [2.24, 2.45) is 0 Å². The molecule has 0 aliphatic carbocycles. The first-order chi connectivity index (χ1) is 28.6. The lowest BCUT2D eigenvalue weighted by atomic mass is 10.1. The number of rotatable bonds is 42. The molecule has 0 aliphatic rings. The molecule has 0 aromatic carbocycles. The van der Waals surface area contributed by atoms with Crippen LogP contribution in [0.15, 0.2) is 85.1 Å². The normalized spacial score (nSPS) is 14.5. The van der Waals surface area contributed by atoms with E-state index in [-0.39, 0.29) is 32.2 Å². The van der Waals surface area contributed by atoms with Crippen molar-refractivity contribution in [3.05, 3.63) is 85.1 Å². The molecule has 0 rings (SSSR count). The van der Waals surface area contributed by atoms with E-state index in [4.69, 9.17) is 18.5 Å². The summed E-state index contributed by atoms with van der Waals surface area (Å²) in [6.07, 6.45) is 56.0. The van der Waals surface area contributed by atoms with Crippen LogP contribution in [0.5, 0.6) is 0 Å². The maximum Gasteiger partial charge on any atom is 0.306 e. The average Bonchev–Trinajstić information content (AvgIpc) is 3.19. The second kappa shape index (κ2) is 42.4. The van der Waals surface area contributed by atoms with E-state index in [2.05, 4.69) is 98.9 Å². The molecule has 0 fully saturated rings. The van der Waals surface area contributed by atoms with Crippen molar-refractivity contribution < 1.29 is 37.3 Å². The summed E-state index contributed by atoms with van der Waals surface area (Å²) >= 11 is 0. The van der Waals surface area contributed by atoms with E-state index in [9.17, 15) is 14.3 Å². The molecule has 0 aromatic heterocycles. The molecule has 9 heteroatoms. The molecule has 0 spiro atoms. The fraction of sp³-hybridized carbons (Fsp3) is 0.700. The molecule has 2 atom stereocenters. The Morgan fingerprint density at radius 1 is 0.542 bits per heavy atom. The Bertz CT molecular complexity index is 1210. The van der Waals surface area contributed by atoms with E-state index in [1.54, 1.807) is 0 Å². The number of esters is 1. The van der Waals surface area contributed by atoms with E-state index in [0.717, 1.165) is 77.0 Å². The topological polar surface area (TPSA) is 94.1 Å². The predicted molar refractivity (Wildman–Crippen MR) is 249 cm³/mol. The minimum atomic E-state index is -4.54. The Kier molecular flexibility index (Phi) is 40.7. The van der Waals surface area contributed by atoms with E-state index in [1.165, 1.54) is 64.2 Å². The second-order valence-electron chi connectivity index (χ2n) is 16.4. The summed E-state index contributed by atoms with van der Waals surface area (Å²) in [6.45, 7) is 5.24. The number of likely N-dealkylation sites (N-methyl/N-ethyl adjacent to an activating group) is 1. The van der Waals surface area contributed by atoms with Gasteiger partial charge in [0.25, 0.3) is 7.82 Å². The molecule has 340 valence electrons. The lowest BCUT2D eigenvalue weighted by Gasteiger charge is -2.28. The number of carbonyl (C=O) groups excluding carboxylic acids is 1. The van der Waals surface area contributed by atoms with Crippen molar-refractivity contribution in [3.63, 3.8) is 0 Å². The maximum absolute atomic E-state index is 12.7. The number of quaternary nitrogens is 1. The number of carbonyl (C=O) groups is 1. The number of hydrogen-bond acceptors (Lipinski definition) is 7. The zero-order chi connectivity index (χ0) is 43.4. The van der Waals surface area contributed by atoms with E-state index < -0.39 is 13.9 Å². The minimum absolute atomic E-state index is 0.0158. The van der Waals surface area contributed by atoms with Crippen LogP contribution in [0.3, 0.4) is 0 Å². The van der Waals surface area contributed by atoms with Crippen molar-refractivity contribution in [2.75, 3.05) is 54.1 Å². The smallest absolute Gasteiger partial charge is 0.306 e. The van der Waals surface area contributed by atoms with Gasteiger partial charge in [0.05, 0.1) is 34.4 Å². The summed E-state index contributed by atoms with van der Waals surface area (Å²) in [5, 5.41) is 0. The Morgan fingerprint density at radius 2 is 0.983 bits per heavy atom. The Labute approximate surface area is 363 Å². The van der Waals surface area contributed by atoms with Crippen LogP contribution in [-0.2, 0) is 27.9 Å². The van der Waals surface area contributed by atoms with Crippen molar-refractivity contribution in [1.82, 2.24) is 0 Å². The molecule has 59 heavy (non-hydrogen) atoms. The third-order valence-electron chi connectivity index (χ3n) is 9.46. The Morgan fingerprint density at radius 3 is 1.46 bits per heavy atom. The summed E-state index contributed by atoms with van der Waals surface area (Å²) < 4.78 is 34.6. The molecule has 2 unspecified atom stereocenters. The molecule has 0 N–H and O–H groups in total. The average molecular weight is 846 g/mol. The number of unbranched alkanes of at least 4 members (excludes halogenated alkanes) is 14. The molecule has 0 saturated heterocycles. The first kappa shape index (κ1) is 56.7. The van der Waals surface area contributed by atoms with Crippen LogP contribution in [0.25, 0.3) is 0 Å². The maximum atomic E-state index is 12.7. The molecule has 0 bridgehead atoms. The van der Waals surface area contributed by atoms with Crippen molar-refractivity contribution in [3.8, 4) is 0 Å². The number of hydrogen-bond donors (Lipinski definition) is 0. The van der Waals surface area contributed by atoms with E-state index >= 15 is 0 Å². The van der Waals surface area contributed by atoms with Crippen LogP contribution in [0.4, 0.5) is 0 Å². The zero-order valence-electron chi connectivity index (χ0n) is 38.4. The van der Waals surface area contributed by atoms with Gasteiger partial charge in [-0.25, -0.2) is 0 Å². The molecule has 8 nitrogen and oxygen atoms in total. The van der Waals surface area contributed by atoms with Gasteiger partial charge in [-0.05, 0) is 70.6 Å². The molecule has 0 radical (unpaired) electrons. The Balaban J connectivity index is 4.27. The molecule has 0 heterocycles. The fourth-order valence-corrected chi connectivity index (χ4v) is 6.61. The largest absolute Gasteiger partial charge is 0.756 e. The standard InChI is InChI=1S/C50H88NO7P/c1-6-8-10-12-14-16-18-20-21-22-23-24-25-26-27-28-29-30-31-32-33-35-37-39-41-43-50(52)58-49(48-57-59(53,54)56-46-44-51(3,4)5)47-55-45-42-40-38-36-34-19-17-15-13-11-9-7-2/h8,10,14,16,20-21,23-24,26-27,29-30,32-33,49H,6-7,9,11-13,15,17-19,22,25,28,31,34-48H2,1-5H3/b10-8-,16-14-,21-20-,24-23-,27-26-,30-29-,33-32-. The van der Waals surface area contributed by atoms with Gasteiger partial charge in [-0.2, -0.15) is 0 Å². The van der Waals surface area contributed by atoms with Crippen LogP contribution in [0, 0.1) is 0 Å². The van der Waals surface area contributed by atoms with Gasteiger partial charge in [0.15, 0.2) is 0 Å². The molecule has 0 aromatic rings. The summed E-state index contributed by atoms with van der Waals surface area (Å²) in [5.74, 6) is -0.368. The van der Waals surface area contributed by atoms with Gasteiger partial charge < -0.3 is 27.9 Å². The predicted octanol–water partition coefficient (Wildman–Crippen LogP) is 13.4. The summed E-state index contributed by atoms with van der Waals surface area (Å²) in [7, 11) is 1.32. The van der Waals surface area contributed by atoms with Crippen LogP contribution in [0.2, 0.25) is 0 Å². The van der Waals surface area contributed by atoms with Crippen LogP contribution in [-0.4, -0.2) is 70.7 Å². The van der Waals surface area contributed by atoms with Crippen molar-refractivity contribution in [1.29, 1.82) is 0 Å². The van der Waals surface area contributed by atoms with Crippen LogP contribution < -0.4 is 4.89 Å². The first-order valence-electron chi connectivity index (χ1n) is 23.3. The first-order valence-corrected chi connectivity index (χ1v) is 24.8. The monoisotopic (exact) mass is 846 g/mol. The molecule has 0 saturated carbocycles. The van der Waals surface area contributed by atoms with Gasteiger partial charge in [0.2, 0.25) is 0 Å². The minimum Gasteiger partial charge on any atom is -0.756 e. The number of phosphoric ester groups is 1. The highest BCUT2D eigenvalue weighted by atomic mass is 31.2. The SMILES string of the molecule is CC/C=C\C/C=C\C/C=C\C/C=C\C/C=C\C/C=C\C/C=C\CCCCCC(=O)OC(COCCCCCCCCCCCCCC)COP(=O)([O-])OCC[N+](C)(C)C. The zero-order valence-corrected chi connectivity index (χ0v) is 39.3. The van der Waals surface area contributed by atoms with Crippen LogP contribution in [0.1, 0.15) is 168 Å². The van der Waals surface area contributed by atoms with Crippen LogP contribution >= 0.6 is 7.82 Å². The molecular formula is C50H88NO7P. The highest BCUT2D eigenvalue weighted by molar-refractivity contribution is 7.45. The third-order valence-corrected chi connectivity index (χ3v) is 10.4. The highest BCUT2D eigenvalue weighted by Gasteiger charge is 2.20. The number of allylic oxidation sites excluding steroid dienone is 14. The quantitative estimate of drug-likeness (QED) is 0.0199. The number of ether oxygens (including phenoxy) is 2. The number of phosphoric acid groups is 1. The van der Waals surface area contributed by atoms with Crippen molar-refractivity contribution in [2.45, 2.75) is 174 Å². The van der Waals surface area contributed by atoms with Gasteiger partial charge in [0, 0.05) is 13.0 Å². The van der Waals surface area contributed by atoms with E-state index in [1.807, 2.05) is 21.1 Å². The fourth-order valence-electron chi connectivity index (χ4n) is 5.88. The summed E-state index contributed by atoms with van der Waals surface area (Å²) in [6, 6.07) is 0. The Hall–Kier alpha value is -2.32. The van der Waals surface area contributed by atoms with Gasteiger partial charge in [-0.3, -0.25) is 9.36 Å². The van der Waals surface area contributed by atoms with Crippen molar-refractivity contribution >= 4 is 13.8 Å². The second-order valence-corrected chi connectivity index (χ2v) is 17.8. The molecule has 0 amide bonds. The van der Waals surface area contributed by atoms with Gasteiger partial charge in [-0.1, -0.05) is 176 Å². The number of nitrogens with zero attached hydrogens (tertiary/aromatic N) is 1. The van der Waals surface area contributed by atoms with Gasteiger partial charge >= 0.3 is 5.97 Å².